The van der Waals surface area contributed by atoms with Crippen LogP contribution >= 0.6 is 35.6 Å². The van der Waals surface area contributed by atoms with E-state index in [0.717, 1.165) is 5.75 Å². The molecule has 0 aliphatic heterocycles. The van der Waals surface area contributed by atoms with Crippen LogP contribution in [0.25, 0.3) is 0 Å². The molecule has 0 spiro atoms. The van der Waals surface area contributed by atoms with E-state index in [4.69, 9.17) is 22.1 Å². The summed E-state index contributed by atoms with van der Waals surface area (Å²) in [5.41, 5.74) is 5.64. The van der Waals surface area contributed by atoms with Crippen molar-refractivity contribution in [2.75, 3.05) is 13.2 Å². The van der Waals surface area contributed by atoms with Crippen LogP contribution in [-0.4, -0.2) is 25.2 Å². The highest BCUT2D eigenvalue weighted by atomic mass is 127. The monoisotopic (exact) mass is 383 g/mol. The molecule has 0 bridgehead atoms. The zero-order valence-electron chi connectivity index (χ0n) is 10.5. The van der Waals surface area contributed by atoms with E-state index in [1.807, 2.05) is 26.0 Å². The number of guanidine groups is 1. The molecule has 18 heavy (non-hydrogen) atoms. The average Bonchev–Trinajstić information content (AvgIpc) is 2.26. The van der Waals surface area contributed by atoms with Gasteiger partial charge in [0.1, 0.15) is 12.4 Å². The average molecular weight is 384 g/mol. The highest BCUT2D eigenvalue weighted by Gasteiger charge is 1.95. The Hall–Kier alpha value is -0.690. The predicted octanol–water partition coefficient (Wildman–Crippen LogP) is 2.65. The summed E-state index contributed by atoms with van der Waals surface area (Å²) in [6, 6.07) is 7.50. The smallest absolute Gasteiger partial charge is 0.188 e. The van der Waals surface area contributed by atoms with Crippen LogP contribution in [0.15, 0.2) is 29.3 Å². The van der Waals surface area contributed by atoms with Crippen molar-refractivity contribution in [2.24, 2.45) is 10.7 Å². The van der Waals surface area contributed by atoms with Gasteiger partial charge in [0.05, 0.1) is 6.54 Å². The van der Waals surface area contributed by atoms with Crippen molar-refractivity contribution in [3.05, 3.63) is 29.3 Å². The fraction of sp³-hybridized carbons (Fsp3) is 0.417. The molecule has 0 fully saturated rings. The van der Waals surface area contributed by atoms with Crippen LogP contribution in [-0.2, 0) is 0 Å². The number of ether oxygens (including phenoxy) is 1. The summed E-state index contributed by atoms with van der Waals surface area (Å²) >= 11 is 5.76. The van der Waals surface area contributed by atoms with Crippen LogP contribution in [0, 0.1) is 0 Å². The van der Waals surface area contributed by atoms with Crippen LogP contribution in [0.5, 0.6) is 5.75 Å². The number of halogens is 2. The van der Waals surface area contributed by atoms with Crippen molar-refractivity contribution < 1.29 is 4.74 Å². The van der Waals surface area contributed by atoms with E-state index in [0.29, 0.717) is 24.1 Å². The van der Waals surface area contributed by atoms with Crippen LogP contribution < -0.4 is 15.8 Å². The van der Waals surface area contributed by atoms with E-state index in [2.05, 4.69) is 10.3 Å². The fourth-order valence-electron chi connectivity index (χ4n) is 1.20. The van der Waals surface area contributed by atoms with Crippen molar-refractivity contribution in [3.63, 3.8) is 0 Å². The molecule has 0 radical (unpaired) electrons. The van der Waals surface area contributed by atoms with E-state index in [1.54, 1.807) is 12.1 Å². The Morgan fingerprint density at radius 1 is 1.39 bits per heavy atom. The van der Waals surface area contributed by atoms with Gasteiger partial charge in [-0.05, 0) is 38.1 Å². The lowest BCUT2D eigenvalue weighted by Crippen LogP contribution is -2.37. The Bertz CT molecular complexity index is 368. The van der Waals surface area contributed by atoms with E-state index >= 15 is 0 Å². The topological polar surface area (TPSA) is 59.6 Å². The molecule has 4 nitrogen and oxygen atoms in total. The van der Waals surface area contributed by atoms with Gasteiger partial charge >= 0.3 is 0 Å². The molecule has 3 N–H and O–H groups in total. The number of hydrogen-bond donors (Lipinski definition) is 2. The molecular formula is C12H19ClIN3O. The normalized spacial score (nSPS) is 11.0. The van der Waals surface area contributed by atoms with Gasteiger partial charge in [0.15, 0.2) is 5.96 Å². The molecule has 1 aromatic carbocycles. The zero-order valence-corrected chi connectivity index (χ0v) is 13.6. The van der Waals surface area contributed by atoms with Crippen molar-refractivity contribution in [3.8, 4) is 5.75 Å². The van der Waals surface area contributed by atoms with Crippen LogP contribution in [0.2, 0.25) is 5.02 Å². The van der Waals surface area contributed by atoms with Gasteiger partial charge in [0.2, 0.25) is 0 Å². The molecular weight excluding hydrogens is 365 g/mol. The molecule has 0 saturated carbocycles. The van der Waals surface area contributed by atoms with Gasteiger partial charge in [-0.3, -0.25) is 0 Å². The number of aliphatic imine (C=N–C) groups is 1. The number of nitrogens with two attached hydrogens (primary N) is 1. The molecule has 1 aromatic rings. The summed E-state index contributed by atoms with van der Waals surface area (Å²) in [4.78, 5) is 4.13. The minimum absolute atomic E-state index is 0. The van der Waals surface area contributed by atoms with E-state index in [1.165, 1.54) is 0 Å². The van der Waals surface area contributed by atoms with Gasteiger partial charge in [-0.1, -0.05) is 11.6 Å². The minimum Gasteiger partial charge on any atom is -0.492 e. The second-order valence-corrected chi connectivity index (χ2v) is 4.30. The summed E-state index contributed by atoms with van der Waals surface area (Å²) in [7, 11) is 0. The van der Waals surface area contributed by atoms with Crippen molar-refractivity contribution >= 4 is 41.5 Å². The molecule has 0 amide bonds. The Balaban J connectivity index is 0.00000289. The molecule has 0 atom stereocenters. The van der Waals surface area contributed by atoms with E-state index < -0.39 is 0 Å². The van der Waals surface area contributed by atoms with E-state index in [-0.39, 0.29) is 30.0 Å². The maximum atomic E-state index is 5.76. The Kier molecular flexibility index (Phi) is 8.91. The van der Waals surface area contributed by atoms with Gasteiger partial charge in [0, 0.05) is 11.1 Å². The van der Waals surface area contributed by atoms with Crippen molar-refractivity contribution in [1.29, 1.82) is 0 Å². The van der Waals surface area contributed by atoms with E-state index in [9.17, 15) is 0 Å². The summed E-state index contributed by atoms with van der Waals surface area (Å²) < 4.78 is 5.47. The second kappa shape index (κ2) is 9.27. The molecule has 6 heteroatoms. The number of rotatable bonds is 5. The Labute approximate surface area is 130 Å². The molecule has 0 aliphatic carbocycles. The standard InChI is InChI=1S/C12H18ClN3O.HI/c1-9(2)16-12(14)15-7-8-17-11-5-3-10(13)4-6-11;/h3-6,9H,7-8H2,1-2H3,(H3,14,15,16);1H. The number of nitrogens with zero attached hydrogens (tertiary/aromatic N) is 1. The zero-order chi connectivity index (χ0) is 12.7. The third kappa shape index (κ3) is 7.60. The fourth-order valence-corrected chi connectivity index (χ4v) is 1.33. The first-order chi connectivity index (χ1) is 8.08. The van der Waals surface area contributed by atoms with Crippen molar-refractivity contribution in [2.45, 2.75) is 19.9 Å². The molecule has 102 valence electrons. The van der Waals surface area contributed by atoms with Gasteiger partial charge in [0.25, 0.3) is 0 Å². The SMILES string of the molecule is CC(C)NC(N)=NCCOc1ccc(Cl)cc1.I. The molecule has 0 unspecified atom stereocenters. The van der Waals surface area contributed by atoms with Crippen LogP contribution in [0.4, 0.5) is 0 Å². The lowest BCUT2D eigenvalue weighted by Gasteiger charge is -2.08. The Morgan fingerprint density at radius 2 is 2.00 bits per heavy atom. The third-order valence-electron chi connectivity index (χ3n) is 1.89. The maximum absolute atomic E-state index is 5.76. The van der Waals surface area contributed by atoms with Gasteiger partial charge in [-0.15, -0.1) is 24.0 Å². The summed E-state index contributed by atoms with van der Waals surface area (Å²) in [5, 5.41) is 3.70. The number of nitrogens with one attached hydrogen (secondary N) is 1. The molecule has 0 aromatic heterocycles. The maximum Gasteiger partial charge on any atom is 0.188 e. The minimum atomic E-state index is 0. The van der Waals surface area contributed by atoms with Crippen LogP contribution in [0.3, 0.4) is 0 Å². The largest absolute Gasteiger partial charge is 0.492 e. The first kappa shape index (κ1) is 17.3. The van der Waals surface area contributed by atoms with Gasteiger partial charge in [-0.2, -0.15) is 0 Å². The quantitative estimate of drug-likeness (QED) is 0.356. The number of benzene rings is 1. The third-order valence-corrected chi connectivity index (χ3v) is 2.14. The predicted molar refractivity (Wildman–Crippen MR) is 87.1 cm³/mol. The molecule has 0 heterocycles. The highest BCUT2D eigenvalue weighted by Crippen LogP contribution is 2.15. The lowest BCUT2D eigenvalue weighted by molar-refractivity contribution is 0.328. The summed E-state index contributed by atoms with van der Waals surface area (Å²) in [6.07, 6.45) is 0. The molecule has 1 rings (SSSR count). The van der Waals surface area contributed by atoms with Crippen molar-refractivity contribution in [1.82, 2.24) is 5.32 Å². The summed E-state index contributed by atoms with van der Waals surface area (Å²) in [6.45, 7) is 5.02. The van der Waals surface area contributed by atoms with Gasteiger partial charge < -0.3 is 15.8 Å². The lowest BCUT2D eigenvalue weighted by atomic mass is 10.3. The Morgan fingerprint density at radius 3 is 2.56 bits per heavy atom. The first-order valence-corrected chi connectivity index (χ1v) is 5.90. The molecule has 0 aliphatic rings. The summed E-state index contributed by atoms with van der Waals surface area (Å²) in [5.74, 6) is 1.22. The number of hydrogen-bond acceptors (Lipinski definition) is 2. The second-order valence-electron chi connectivity index (χ2n) is 3.87. The molecule has 0 saturated heterocycles. The van der Waals surface area contributed by atoms with Gasteiger partial charge in [-0.25, -0.2) is 4.99 Å². The van der Waals surface area contributed by atoms with Crippen LogP contribution in [0.1, 0.15) is 13.8 Å². The first-order valence-electron chi connectivity index (χ1n) is 5.53. The highest BCUT2D eigenvalue weighted by molar-refractivity contribution is 14.0.